The molecule has 1 aromatic carbocycles. The number of morpholine rings is 1. The highest BCUT2D eigenvalue weighted by molar-refractivity contribution is 6.25. The maximum Gasteiger partial charge on any atom is 0.409 e. The molecule has 0 radical (unpaired) electrons. The average Bonchev–Trinajstić information content (AvgIpc) is 3.61. The van der Waals surface area contributed by atoms with E-state index in [0.717, 1.165) is 18.5 Å². The number of hydrogen-bond acceptors (Lipinski definition) is 8. The molecular formula is C30H40N8O6. The lowest BCUT2D eigenvalue weighted by Gasteiger charge is -2.39. The maximum absolute atomic E-state index is 14.0. The second kappa shape index (κ2) is 12.8. The fourth-order valence-electron chi connectivity index (χ4n) is 6.55. The largest absolute Gasteiger partial charge is 0.449 e. The van der Waals surface area contributed by atoms with Crippen LogP contribution in [0, 0.1) is 0 Å². The fraction of sp³-hybridized carbons (Fsp3) is 0.567. The third kappa shape index (κ3) is 5.59. The SMILES string of the molecule is CCCCOC(=O)N1CCN(C(=O)N2CCC(c3[nH]nc4c3C(=O)c3c-4cccc3N(C(N)=O)N3CCOCC3)CC2)CC1. The first kappa shape index (κ1) is 29.9. The second-order valence-corrected chi connectivity index (χ2v) is 11.6. The minimum atomic E-state index is -0.662. The number of urea groups is 2. The number of piperazine rings is 1. The number of piperidine rings is 1. The van der Waals surface area contributed by atoms with Crippen molar-refractivity contribution in [2.75, 3.05) is 77.2 Å². The summed E-state index contributed by atoms with van der Waals surface area (Å²) in [6, 6.07) is 4.70. The van der Waals surface area contributed by atoms with Crippen molar-refractivity contribution in [3.63, 3.8) is 0 Å². The zero-order chi connectivity index (χ0) is 30.8. The van der Waals surface area contributed by atoms with Crippen LogP contribution >= 0.6 is 0 Å². The lowest BCUT2D eigenvalue weighted by atomic mass is 9.90. The van der Waals surface area contributed by atoms with Crippen molar-refractivity contribution in [2.45, 2.75) is 38.5 Å². The van der Waals surface area contributed by atoms with E-state index in [1.165, 1.54) is 5.01 Å². The number of fused-ring (bicyclic) bond motifs is 3. The number of hydrogen-bond donors (Lipinski definition) is 2. The lowest BCUT2D eigenvalue weighted by molar-refractivity contribution is 0.0364. The fourth-order valence-corrected chi connectivity index (χ4v) is 6.55. The van der Waals surface area contributed by atoms with Gasteiger partial charge in [-0.2, -0.15) is 5.10 Å². The smallest absolute Gasteiger partial charge is 0.409 e. The molecule has 1 aromatic heterocycles. The van der Waals surface area contributed by atoms with Crippen molar-refractivity contribution < 1.29 is 28.7 Å². The molecule has 0 bridgehead atoms. The summed E-state index contributed by atoms with van der Waals surface area (Å²) in [5.74, 6) is -0.156. The number of nitrogens with one attached hydrogen (secondary N) is 1. The Morgan fingerprint density at radius 2 is 1.68 bits per heavy atom. The molecule has 0 unspecified atom stereocenters. The van der Waals surface area contributed by atoms with Crippen LogP contribution in [0.15, 0.2) is 18.2 Å². The van der Waals surface area contributed by atoms with E-state index in [1.807, 2.05) is 22.9 Å². The van der Waals surface area contributed by atoms with Crippen LogP contribution in [0.4, 0.5) is 20.1 Å². The van der Waals surface area contributed by atoms with Crippen molar-refractivity contribution in [3.8, 4) is 11.3 Å². The standard InChI is InChI=1S/C30H40N8O6/c1-2-3-17-44-30(42)36-13-11-35(12-14-36)29(41)34-9-7-20(8-10-34)25-24-26(33-32-25)21-5-4-6-22(23(21)27(24)39)38(28(31)40)37-15-18-43-19-16-37/h4-6,20H,2-3,7-19H2,1H3,(H2,31,40)(H,32,33). The van der Waals surface area contributed by atoms with Crippen molar-refractivity contribution in [3.05, 3.63) is 35.0 Å². The molecule has 4 heterocycles. The normalized spacial score (nSPS) is 19.1. The van der Waals surface area contributed by atoms with Crippen LogP contribution < -0.4 is 10.7 Å². The van der Waals surface area contributed by atoms with Crippen molar-refractivity contribution in [1.82, 2.24) is 29.9 Å². The Morgan fingerprint density at radius 1 is 1.00 bits per heavy atom. The molecule has 3 fully saturated rings. The number of anilines is 1. The summed E-state index contributed by atoms with van der Waals surface area (Å²) in [6.07, 6.45) is 2.85. The first-order valence-corrected chi connectivity index (χ1v) is 15.5. The van der Waals surface area contributed by atoms with E-state index >= 15 is 0 Å². The van der Waals surface area contributed by atoms with E-state index in [4.69, 9.17) is 15.2 Å². The average molecular weight is 609 g/mol. The highest BCUT2D eigenvalue weighted by atomic mass is 16.6. The van der Waals surface area contributed by atoms with E-state index in [1.54, 1.807) is 21.9 Å². The Kier molecular flexibility index (Phi) is 8.71. The van der Waals surface area contributed by atoms with Crippen LogP contribution in [-0.4, -0.2) is 126 Å². The quantitative estimate of drug-likeness (QED) is 0.404. The summed E-state index contributed by atoms with van der Waals surface area (Å²) in [7, 11) is 0. The van der Waals surface area contributed by atoms with E-state index in [9.17, 15) is 19.2 Å². The van der Waals surface area contributed by atoms with Crippen LogP contribution in [-0.2, 0) is 9.47 Å². The number of benzene rings is 1. The Labute approximate surface area is 256 Å². The van der Waals surface area contributed by atoms with Gasteiger partial charge in [0, 0.05) is 63.8 Å². The van der Waals surface area contributed by atoms with Gasteiger partial charge in [-0.05, 0) is 25.3 Å². The number of primary amides is 1. The molecule has 0 saturated carbocycles. The minimum Gasteiger partial charge on any atom is -0.449 e. The van der Waals surface area contributed by atoms with Gasteiger partial charge in [0.1, 0.15) is 5.69 Å². The molecule has 14 heteroatoms. The van der Waals surface area contributed by atoms with Gasteiger partial charge >= 0.3 is 18.2 Å². The van der Waals surface area contributed by atoms with Gasteiger partial charge in [-0.1, -0.05) is 25.5 Å². The van der Waals surface area contributed by atoms with Gasteiger partial charge in [0.15, 0.2) is 5.78 Å². The minimum absolute atomic E-state index is 0.0261. The Bertz CT molecular complexity index is 1410. The molecule has 3 N–H and O–H groups in total. The summed E-state index contributed by atoms with van der Waals surface area (Å²) in [4.78, 5) is 57.4. The molecule has 236 valence electrons. The highest BCUT2D eigenvalue weighted by Crippen LogP contribution is 2.44. The van der Waals surface area contributed by atoms with E-state index in [2.05, 4.69) is 10.2 Å². The van der Waals surface area contributed by atoms with Gasteiger partial charge in [-0.15, -0.1) is 0 Å². The number of nitrogens with zero attached hydrogens (tertiary/aromatic N) is 6. The topological polar surface area (TPSA) is 158 Å². The Balaban J connectivity index is 1.10. The molecule has 14 nitrogen and oxygen atoms in total. The van der Waals surface area contributed by atoms with Gasteiger partial charge < -0.3 is 29.9 Å². The van der Waals surface area contributed by atoms with Gasteiger partial charge in [-0.25, -0.2) is 24.4 Å². The number of ketones is 1. The number of aromatic amines is 1. The van der Waals surface area contributed by atoms with Crippen LogP contribution in [0.3, 0.4) is 0 Å². The molecule has 6 rings (SSSR count). The molecule has 0 spiro atoms. The number of hydrazine groups is 1. The van der Waals surface area contributed by atoms with Crippen LogP contribution in [0.1, 0.15) is 60.1 Å². The number of H-pyrrole nitrogens is 1. The highest BCUT2D eigenvalue weighted by Gasteiger charge is 2.40. The first-order valence-electron chi connectivity index (χ1n) is 15.5. The molecule has 0 atom stereocenters. The predicted molar refractivity (Wildman–Crippen MR) is 160 cm³/mol. The zero-order valence-corrected chi connectivity index (χ0v) is 25.1. The summed E-state index contributed by atoms with van der Waals surface area (Å²) in [5, 5.41) is 10.9. The number of nitrogens with two attached hydrogens (primary N) is 1. The molecular weight excluding hydrogens is 568 g/mol. The molecule has 44 heavy (non-hydrogen) atoms. The number of rotatable bonds is 6. The summed E-state index contributed by atoms with van der Waals surface area (Å²) >= 11 is 0. The second-order valence-electron chi connectivity index (χ2n) is 11.6. The Hall–Kier alpha value is -4.17. The number of amides is 5. The van der Waals surface area contributed by atoms with Crippen molar-refractivity contribution in [2.24, 2.45) is 5.73 Å². The third-order valence-electron chi connectivity index (χ3n) is 8.96. The van der Waals surface area contributed by atoms with Crippen LogP contribution in [0.2, 0.25) is 0 Å². The maximum atomic E-state index is 14.0. The third-order valence-corrected chi connectivity index (χ3v) is 8.96. The van der Waals surface area contributed by atoms with Crippen molar-refractivity contribution >= 4 is 29.6 Å². The molecule has 1 aliphatic carbocycles. The Morgan fingerprint density at radius 3 is 2.36 bits per heavy atom. The van der Waals surface area contributed by atoms with E-state index < -0.39 is 6.03 Å². The number of carbonyl (C=O) groups excluding carboxylic acids is 4. The number of unbranched alkanes of at least 4 members (excludes halogenated alkanes) is 1. The van der Waals surface area contributed by atoms with E-state index in [0.29, 0.717) is 113 Å². The lowest BCUT2D eigenvalue weighted by Crippen LogP contribution is -2.55. The van der Waals surface area contributed by atoms with Gasteiger partial charge in [0.05, 0.1) is 42.3 Å². The molecule has 2 aromatic rings. The zero-order valence-electron chi connectivity index (χ0n) is 25.1. The van der Waals surface area contributed by atoms with Gasteiger partial charge in [0.25, 0.3) is 0 Å². The number of carbonyl (C=O) groups is 4. The number of likely N-dealkylation sites (tertiary alicyclic amines) is 1. The molecule has 4 aliphatic rings. The number of aromatic nitrogens is 2. The van der Waals surface area contributed by atoms with Gasteiger partial charge in [-0.3, -0.25) is 9.89 Å². The summed E-state index contributed by atoms with van der Waals surface area (Å²) in [5.41, 5.74) is 9.24. The summed E-state index contributed by atoms with van der Waals surface area (Å²) in [6.45, 7) is 7.31. The molecule has 3 saturated heterocycles. The monoisotopic (exact) mass is 608 g/mol. The van der Waals surface area contributed by atoms with Crippen molar-refractivity contribution in [1.29, 1.82) is 0 Å². The van der Waals surface area contributed by atoms with Gasteiger partial charge in [0.2, 0.25) is 0 Å². The first-order chi connectivity index (χ1) is 21.4. The number of ether oxygens (including phenoxy) is 2. The predicted octanol–water partition coefficient (Wildman–Crippen LogP) is 2.61. The van der Waals surface area contributed by atoms with Crippen LogP contribution in [0.5, 0.6) is 0 Å². The molecule has 3 aliphatic heterocycles. The van der Waals surface area contributed by atoms with Crippen LogP contribution in [0.25, 0.3) is 11.3 Å². The summed E-state index contributed by atoms with van der Waals surface area (Å²) < 4.78 is 10.7. The van der Waals surface area contributed by atoms with E-state index in [-0.39, 0.29) is 23.8 Å². The molecule has 5 amide bonds.